The lowest BCUT2D eigenvalue weighted by molar-refractivity contribution is 0.101. The molecule has 0 saturated heterocycles. The highest BCUT2D eigenvalue weighted by molar-refractivity contribution is 7.84. The number of hydrogen-bond donors (Lipinski definition) is 3. The van der Waals surface area contributed by atoms with Crippen LogP contribution in [0.1, 0.15) is 31.8 Å². The van der Waals surface area contributed by atoms with Gasteiger partial charge < -0.3 is 10.2 Å². The fraction of sp³-hybridized carbons (Fsp3) is 0.132. The van der Waals surface area contributed by atoms with Crippen molar-refractivity contribution in [3.05, 3.63) is 186 Å². The molecule has 3 N–H and O–H groups in total. The van der Waals surface area contributed by atoms with Crippen LogP contribution in [0.25, 0.3) is 56.0 Å². The fourth-order valence-corrected chi connectivity index (χ4v) is 9.49. The molecule has 0 saturated carbocycles. The summed E-state index contributed by atoms with van der Waals surface area (Å²) in [7, 11) is 2.13. The van der Waals surface area contributed by atoms with Gasteiger partial charge in [0.1, 0.15) is 34.6 Å². The third-order valence-electron chi connectivity index (χ3n) is 11.7. The molecule has 6 aromatic heterocycles. The quantitative estimate of drug-likeness (QED) is 0.0727. The van der Waals surface area contributed by atoms with Crippen LogP contribution in [0.5, 0.6) is 0 Å². The number of hydrogen-bond acceptors (Lipinski definition) is 15. The first-order chi connectivity index (χ1) is 37.0. The van der Waals surface area contributed by atoms with E-state index in [4.69, 9.17) is 4.98 Å². The topological polar surface area (TPSA) is 212 Å². The second-order valence-electron chi connectivity index (χ2n) is 17.2. The molecule has 0 fully saturated rings. The second kappa shape index (κ2) is 22.6. The molecule has 390 valence electrons. The van der Waals surface area contributed by atoms with E-state index in [-0.39, 0.29) is 39.4 Å². The van der Waals surface area contributed by atoms with E-state index < -0.39 is 62.5 Å². The number of nitrogens with zero attached hydrogens (tertiary/aromatic N) is 9. The monoisotopic (exact) mass is 1100 g/mol. The van der Waals surface area contributed by atoms with Crippen molar-refractivity contribution in [1.29, 1.82) is 0 Å². The zero-order valence-electron chi connectivity index (χ0n) is 41.3. The van der Waals surface area contributed by atoms with Gasteiger partial charge in [0.2, 0.25) is 11.1 Å². The second-order valence-corrected chi connectivity index (χ2v) is 20.3. The number of para-hydroxylation sites is 2. The predicted octanol–water partition coefficient (Wildman–Crippen LogP) is 9.20. The highest BCUT2D eigenvalue weighted by Gasteiger charge is 2.24. The van der Waals surface area contributed by atoms with Crippen LogP contribution >= 0.6 is 22.7 Å². The Kier molecular flexibility index (Phi) is 15.6. The highest BCUT2D eigenvalue weighted by Crippen LogP contribution is 2.34. The molecule has 0 aliphatic rings. The van der Waals surface area contributed by atoms with Crippen molar-refractivity contribution in [1.82, 2.24) is 43.9 Å². The molecule has 2 amide bonds. The summed E-state index contributed by atoms with van der Waals surface area (Å²) in [6, 6.07) is 22.1. The van der Waals surface area contributed by atoms with Crippen molar-refractivity contribution < 1.29 is 31.4 Å². The molecule has 17 nitrogen and oxygen atoms in total. The number of halogens is 4. The number of anilines is 3. The third-order valence-corrected chi connectivity index (χ3v) is 13.8. The van der Waals surface area contributed by atoms with Gasteiger partial charge in [0.25, 0.3) is 22.9 Å². The standard InChI is InChI=1S/C28H25F2N7O2S.C25H17F2N5O3S2/c1-16-7-8-17(26(39)35-28-32-12-14-40-28)15-19(16)23-18-9-10-22(38)37(24-20(29)5-4-6-21(24)30)25(18)34-27(33-23)31-11-13-36(2)3;1-13-6-7-14(23(34)31-24-28-10-11-36-24)12-16(13)20-15-8-9-19(33)32(21-17(26)4-3-5-18(21)27)22(15)30-25(29-20)37(2)35/h4-10,12,14-15H,11,13H2,1-3H3,(H,31,33,34)(H,32,35,39);3-12H,1-2H3,(H,28,31,34). The summed E-state index contributed by atoms with van der Waals surface area (Å²) in [5, 5.41) is 13.5. The molecule has 77 heavy (non-hydrogen) atoms. The largest absolute Gasteiger partial charge is 0.353 e. The van der Waals surface area contributed by atoms with E-state index in [1.165, 1.54) is 59.3 Å². The van der Waals surface area contributed by atoms with Crippen LogP contribution in [-0.4, -0.2) is 93.4 Å². The number of nitrogens with one attached hydrogen (secondary N) is 3. The van der Waals surface area contributed by atoms with Gasteiger partial charge in [-0.05, 0) is 99.7 Å². The van der Waals surface area contributed by atoms with E-state index in [0.717, 1.165) is 45.0 Å². The van der Waals surface area contributed by atoms with E-state index in [9.17, 15) is 40.9 Å². The number of rotatable bonds is 13. The molecule has 4 aromatic carbocycles. The molecule has 0 spiro atoms. The Bertz CT molecular complexity index is 4020. The molecule has 6 heterocycles. The summed E-state index contributed by atoms with van der Waals surface area (Å²) in [5.41, 5.74) is 1.26. The summed E-state index contributed by atoms with van der Waals surface area (Å²) in [5.74, 6) is -4.35. The van der Waals surface area contributed by atoms with E-state index in [0.29, 0.717) is 62.3 Å². The Balaban J connectivity index is 0.000000188. The first kappa shape index (κ1) is 53.1. The van der Waals surface area contributed by atoms with Crippen LogP contribution in [0, 0.1) is 37.1 Å². The van der Waals surface area contributed by atoms with Gasteiger partial charge in [-0.1, -0.05) is 24.3 Å². The first-order valence-corrected chi connectivity index (χ1v) is 26.4. The zero-order valence-corrected chi connectivity index (χ0v) is 43.7. The molecule has 10 rings (SSSR count). The van der Waals surface area contributed by atoms with Crippen LogP contribution in [0.4, 0.5) is 33.8 Å². The van der Waals surface area contributed by atoms with Crippen LogP contribution in [0.15, 0.2) is 135 Å². The Hall–Kier alpha value is -8.71. The summed E-state index contributed by atoms with van der Waals surface area (Å²) >= 11 is 2.57. The number of fused-ring (bicyclic) bond motifs is 2. The van der Waals surface area contributed by atoms with Crippen molar-refractivity contribution in [3.8, 4) is 33.9 Å². The molecule has 0 bridgehead atoms. The van der Waals surface area contributed by atoms with Crippen molar-refractivity contribution in [2.24, 2.45) is 0 Å². The number of pyridine rings is 2. The average Bonchev–Trinajstić information content (AvgIpc) is 4.15. The van der Waals surface area contributed by atoms with Gasteiger partial charge in [0.15, 0.2) is 21.6 Å². The first-order valence-electron chi connectivity index (χ1n) is 23.1. The minimum atomic E-state index is -1.70. The van der Waals surface area contributed by atoms with E-state index >= 15 is 0 Å². The lowest BCUT2D eigenvalue weighted by Gasteiger charge is -2.17. The Morgan fingerprint density at radius 1 is 0.623 bits per heavy atom. The summed E-state index contributed by atoms with van der Waals surface area (Å²) in [4.78, 5) is 79.8. The number of thiazole rings is 2. The smallest absolute Gasteiger partial charge is 0.257 e. The summed E-state index contributed by atoms with van der Waals surface area (Å²) in [6.45, 7) is 4.78. The molecule has 10 aromatic rings. The molecular weight excluding hydrogens is 1060 g/mol. The number of aryl methyl sites for hydroxylation is 2. The number of benzene rings is 4. The number of carbonyl (C=O) groups excluding carboxylic acids is 2. The van der Waals surface area contributed by atoms with Crippen molar-refractivity contribution in [2.75, 3.05) is 49.4 Å². The zero-order chi connectivity index (χ0) is 54.7. The van der Waals surface area contributed by atoms with Crippen LogP contribution in [0.3, 0.4) is 0 Å². The van der Waals surface area contributed by atoms with Crippen LogP contribution in [0.2, 0.25) is 0 Å². The van der Waals surface area contributed by atoms with Crippen molar-refractivity contribution in [2.45, 2.75) is 19.0 Å². The predicted molar refractivity (Wildman–Crippen MR) is 290 cm³/mol. The molecule has 0 radical (unpaired) electrons. The molecule has 24 heteroatoms. The lowest BCUT2D eigenvalue weighted by Crippen LogP contribution is -2.23. The Labute approximate surface area is 445 Å². The van der Waals surface area contributed by atoms with E-state index in [1.54, 1.807) is 66.5 Å². The van der Waals surface area contributed by atoms with Gasteiger partial charge in [0, 0.05) is 87.7 Å². The maximum atomic E-state index is 14.9. The van der Waals surface area contributed by atoms with Gasteiger partial charge in [-0.2, -0.15) is 4.98 Å². The number of amides is 2. The van der Waals surface area contributed by atoms with Gasteiger partial charge >= 0.3 is 0 Å². The van der Waals surface area contributed by atoms with Gasteiger partial charge in [-0.25, -0.2) is 42.5 Å². The van der Waals surface area contributed by atoms with Gasteiger partial charge in [-0.3, -0.25) is 43.2 Å². The third kappa shape index (κ3) is 11.3. The molecular formula is C53H42F4N12O5S3. The van der Waals surface area contributed by atoms with Gasteiger partial charge in [-0.15, -0.1) is 22.7 Å². The molecule has 1 atom stereocenters. The van der Waals surface area contributed by atoms with Crippen molar-refractivity contribution >= 4 is 83.6 Å². The number of likely N-dealkylation sites (N-methyl/N-ethyl adjacent to an activating group) is 1. The van der Waals surface area contributed by atoms with Gasteiger partial charge in [0.05, 0.1) is 22.2 Å². The average molecular weight is 1100 g/mol. The normalized spacial score (nSPS) is 11.6. The molecule has 0 aliphatic carbocycles. The van der Waals surface area contributed by atoms with Crippen LogP contribution in [-0.2, 0) is 10.8 Å². The Morgan fingerprint density at radius 3 is 1.51 bits per heavy atom. The molecule has 1 unspecified atom stereocenters. The fourth-order valence-electron chi connectivity index (χ4n) is 8.00. The van der Waals surface area contributed by atoms with Crippen molar-refractivity contribution in [3.63, 3.8) is 0 Å². The van der Waals surface area contributed by atoms with E-state index in [1.807, 2.05) is 25.9 Å². The SMILES string of the molecule is Cc1ccc(C(=O)Nc2nccs2)cc1-c1nc(NCCN(C)C)nc2c1ccc(=O)n2-c1c(F)cccc1F.Cc1ccc(C(=O)Nc2nccs2)cc1-c1nc(S(C)=O)nc2c1ccc(=O)n2-c1c(F)cccc1F. The maximum Gasteiger partial charge on any atom is 0.257 e. The summed E-state index contributed by atoms with van der Waals surface area (Å²) < 4.78 is 73.5. The van der Waals surface area contributed by atoms with E-state index in [2.05, 4.69) is 40.9 Å². The highest BCUT2D eigenvalue weighted by atomic mass is 32.2. The minimum Gasteiger partial charge on any atom is -0.353 e. The summed E-state index contributed by atoms with van der Waals surface area (Å²) in [6.07, 6.45) is 4.51. The number of carbonyl (C=O) groups is 2. The van der Waals surface area contributed by atoms with Crippen LogP contribution < -0.4 is 27.1 Å². The minimum absolute atomic E-state index is 0.0193. The maximum absolute atomic E-state index is 14.9. The number of aromatic nitrogens is 8. The Morgan fingerprint density at radius 2 is 1.08 bits per heavy atom. The lowest BCUT2D eigenvalue weighted by atomic mass is 9.99. The molecule has 0 aliphatic heterocycles.